The van der Waals surface area contributed by atoms with Crippen molar-refractivity contribution in [1.82, 2.24) is 4.98 Å². The SMILES string of the molecule is Cc1ccc2nc(NC(=O)Cc3ccccc3N)sc2c1. The molecule has 3 rings (SSSR count). The lowest BCUT2D eigenvalue weighted by Crippen LogP contribution is -2.15. The molecule has 1 aromatic heterocycles. The summed E-state index contributed by atoms with van der Waals surface area (Å²) in [5.41, 5.74) is 9.39. The molecular weight excluding hydrogens is 282 g/mol. The second-order valence-corrected chi connectivity index (χ2v) is 5.94. The van der Waals surface area contributed by atoms with Crippen LogP contribution >= 0.6 is 11.3 Å². The standard InChI is InChI=1S/C16H15N3OS/c1-10-6-7-13-14(8-10)21-16(18-13)19-15(20)9-11-4-2-3-5-12(11)17/h2-8H,9,17H2,1H3,(H,18,19,20). The third-order valence-corrected chi connectivity index (χ3v) is 4.13. The molecule has 0 spiro atoms. The Kier molecular flexibility index (Phi) is 3.58. The second-order valence-electron chi connectivity index (χ2n) is 4.91. The predicted molar refractivity (Wildman–Crippen MR) is 87.5 cm³/mol. The number of nitrogens with one attached hydrogen (secondary N) is 1. The van der Waals surface area contributed by atoms with Crippen LogP contribution in [0, 0.1) is 6.92 Å². The lowest BCUT2D eigenvalue weighted by molar-refractivity contribution is -0.115. The van der Waals surface area contributed by atoms with E-state index in [0.29, 0.717) is 10.8 Å². The maximum absolute atomic E-state index is 12.1. The van der Waals surface area contributed by atoms with Crippen molar-refractivity contribution >= 4 is 38.3 Å². The van der Waals surface area contributed by atoms with Crippen LogP contribution in [-0.2, 0) is 11.2 Å². The predicted octanol–water partition coefficient (Wildman–Crippen LogP) is 3.37. The normalized spacial score (nSPS) is 10.7. The molecule has 0 bridgehead atoms. The van der Waals surface area contributed by atoms with Crippen molar-refractivity contribution in [1.29, 1.82) is 0 Å². The Labute approximate surface area is 126 Å². The van der Waals surface area contributed by atoms with E-state index >= 15 is 0 Å². The highest BCUT2D eigenvalue weighted by Crippen LogP contribution is 2.26. The highest BCUT2D eigenvalue weighted by atomic mass is 32.1. The molecule has 0 atom stereocenters. The molecule has 0 radical (unpaired) electrons. The number of nitrogen functional groups attached to an aromatic ring is 1. The summed E-state index contributed by atoms with van der Waals surface area (Å²) in [5, 5.41) is 3.46. The minimum atomic E-state index is -0.108. The van der Waals surface area contributed by atoms with E-state index in [2.05, 4.69) is 16.4 Å². The van der Waals surface area contributed by atoms with Gasteiger partial charge in [-0.05, 0) is 36.2 Å². The van der Waals surface area contributed by atoms with Crippen molar-refractivity contribution in [3.63, 3.8) is 0 Å². The van der Waals surface area contributed by atoms with E-state index in [4.69, 9.17) is 5.73 Å². The van der Waals surface area contributed by atoms with E-state index in [1.165, 1.54) is 16.9 Å². The number of hydrogen-bond donors (Lipinski definition) is 2. The second kappa shape index (κ2) is 5.54. The molecular formula is C16H15N3OS. The van der Waals surface area contributed by atoms with Crippen LogP contribution in [0.15, 0.2) is 42.5 Å². The van der Waals surface area contributed by atoms with E-state index in [0.717, 1.165) is 15.8 Å². The van der Waals surface area contributed by atoms with Crippen molar-refractivity contribution < 1.29 is 4.79 Å². The maximum Gasteiger partial charge on any atom is 0.230 e. The Hall–Kier alpha value is -2.40. The summed E-state index contributed by atoms with van der Waals surface area (Å²) >= 11 is 1.48. The van der Waals surface area contributed by atoms with Crippen LogP contribution in [0.1, 0.15) is 11.1 Å². The molecule has 3 N–H and O–H groups in total. The molecule has 21 heavy (non-hydrogen) atoms. The zero-order valence-electron chi connectivity index (χ0n) is 11.6. The fourth-order valence-corrected chi connectivity index (χ4v) is 3.10. The summed E-state index contributed by atoms with van der Waals surface area (Å²) in [6.07, 6.45) is 0.252. The topological polar surface area (TPSA) is 68.0 Å². The van der Waals surface area contributed by atoms with Gasteiger partial charge in [-0.1, -0.05) is 35.6 Å². The molecule has 1 heterocycles. The van der Waals surface area contributed by atoms with Gasteiger partial charge in [0.2, 0.25) is 5.91 Å². The number of hydrogen-bond acceptors (Lipinski definition) is 4. The van der Waals surface area contributed by atoms with Gasteiger partial charge < -0.3 is 11.1 Å². The first-order valence-corrected chi connectivity index (χ1v) is 7.44. The minimum Gasteiger partial charge on any atom is -0.398 e. The number of thiazole rings is 1. The molecule has 0 aliphatic heterocycles. The largest absolute Gasteiger partial charge is 0.398 e. The number of carbonyl (C=O) groups excluding carboxylic acids is 1. The van der Waals surface area contributed by atoms with E-state index in [1.807, 2.05) is 37.3 Å². The number of carbonyl (C=O) groups is 1. The average Bonchev–Trinajstić information content (AvgIpc) is 2.82. The number of fused-ring (bicyclic) bond motifs is 1. The molecule has 4 nitrogen and oxygen atoms in total. The van der Waals surface area contributed by atoms with E-state index in [1.54, 1.807) is 6.07 Å². The fourth-order valence-electron chi connectivity index (χ4n) is 2.12. The summed E-state index contributed by atoms with van der Waals surface area (Å²) in [4.78, 5) is 16.5. The number of para-hydroxylation sites is 1. The lowest BCUT2D eigenvalue weighted by Gasteiger charge is -2.04. The van der Waals surface area contributed by atoms with E-state index < -0.39 is 0 Å². The number of nitrogens with two attached hydrogens (primary N) is 1. The maximum atomic E-state index is 12.1. The summed E-state index contributed by atoms with van der Waals surface area (Å²) < 4.78 is 1.07. The molecule has 0 fully saturated rings. The van der Waals surface area contributed by atoms with Crippen LogP contribution in [-0.4, -0.2) is 10.9 Å². The Bertz CT molecular complexity index is 810. The summed E-state index contributed by atoms with van der Waals surface area (Å²) in [5.74, 6) is -0.108. The van der Waals surface area contributed by atoms with Gasteiger partial charge in [0.05, 0.1) is 16.6 Å². The number of aromatic nitrogens is 1. The number of nitrogens with zero attached hydrogens (tertiary/aromatic N) is 1. The van der Waals surface area contributed by atoms with Crippen molar-refractivity contribution in [3.8, 4) is 0 Å². The Balaban J connectivity index is 1.75. The third-order valence-electron chi connectivity index (χ3n) is 3.20. The van der Waals surface area contributed by atoms with Gasteiger partial charge in [0.15, 0.2) is 5.13 Å². The van der Waals surface area contributed by atoms with Gasteiger partial charge in [0.1, 0.15) is 0 Å². The van der Waals surface area contributed by atoms with Gasteiger partial charge in [-0.25, -0.2) is 4.98 Å². The number of rotatable bonds is 3. The Morgan fingerprint density at radius 2 is 2.10 bits per heavy atom. The molecule has 0 saturated heterocycles. The zero-order valence-corrected chi connectivity index (χ0v) is 12.4. The molecule has 0 aliphatic rings. The molecule has 106 valence electrons. The van der Waals surface area contributed by atoms with Crippen LogP contribution in [0.3, 0.4) is 0 Å². The van der Waals surface area contributed by atoms with E-state index in [-0.39, 0.29) is 12.3 Å². The molecule has 3 aromatic rings. The van der Waals surface area contributed by atoms with Crippen molar-refractivity contribution in [2.75, 3.05) is 11.1 Å². The molecule has 0 saturated carbocycles. The average molecular weight is 297 g/mol. The van der Waals surface area contributed by atoms with Gasteiger partial charge in [0.25, 0.3) is 0 Å². The molecule has 0 unspecified atom stereocenters. The minimum absolute atomic E-state index is 0.108. The molecule has 0 aliphatic carbocycles. The zero-order chi connectivity index (χ0) is 14.8. The Morgan fingerprint density at radius 3 is 2.90 bits per heavy atom. The third kappa shape index (κ3) is 3.03. The van der Waals surface area contributed by atoms with Crippen molar-refractivity contribution in [2.45, 2.75) is 13.3 Å². The van der Waals surface area contributed by atoms with Crippen LogP contribution in [0.4, 0.5) is 10.8 Å². The first kappa shape index (κ1) is 13.6. The van der Waals surface area contributed by atoms with Gasteiger partial charge in [-0.3, -0.25) is 4.79 Å². The number of aryl methyl sites for hydroxylation is 1. The summed E-state index contributed by atoms with van der Waals surface area (Å²) in [6, 6.07) is 13.4. The quantitative estimate of drug-likeness (QED) is 0.728. The van der Waals surface area contributed by atoms with Gasteiger partial charge >= 0.3 is 0 Å². The summed E-state index contributed by atoms with van der Waals surface area (Å²) in [7, 11) is 0. The monoisotopic (exact) mass is 297 g/mol. The number of amides is 1. The van der Waals surface area contributed by atoms with Crippen LogP contribution in [0.25, 0.3) is 10.2 Å². The van der Waals surface area contributed by atoms with Gasteiger partial charge in [0, 0.05) is 5.69 Å². The molecule has 2 aromatic carbocycles. The highest BCUT2D eigenvalue weighted by molar-refractivity contribution is 7.22. The van der Waals surface area contributed by atoms with Gasteiger partial charge in [-0.2, -0.15) is 0 Å². The van der Waals surface area contributed by atoms with Crippen LogP contribution < -0.4 is 11.1 Å². The van der Waals surface area contributed by atoms with Gasteiger partial charge in [-0.15, -0.1) is 0 Å². The lowest BCUT2D eigenvalue weighted by atomic mass is 10.1. The van der Waals surface area contributed by atoms with Crippen molar-refractivity contribution in [2.24, 2.45) is 0 Å². The number of benzene rings is 2. The molecule has 1 amide bonds. The summed E-state index contributed by atoms with van der Waals surface area (Å²) in [6.45, 7) is 2.04. The first-order valence-electron chi connectivity index (χ1n) is 6.62. The number of anilines is 2. The highest BCUT2D eigenvalue weighted by Gasteiger charge is 2.10. The molecule has 5 heteroatoms. The van der Waals surface area contributed by atoms with E-state index in [9.17, 15) is 4.79 Å². The first-order chi connectivity index (χ1) is 10.1. The Morgan fingerprint density at radius 1 is 1.29 bits per heavy atom. The smallest absolute Gasteiger partial charge is 0.230 e. The fraction of sp³-hybridized carbons (Fsp3) is 0.125. The van der Waals surface area contributed by atoms with Crippen molar-refractivity contribution in [3.05, 3.63) is 53.6 Å². The van der Waals surface area contributed by atoms with Crippen LogP contribution in [0.5, 0.6) is 0 Å². The van der Waals surface area contributed by atoms with Crippen LogP contribution in [0.2, 0.25) is 0 Å².